The van der Waals surface area contributed by atoms with Crippen molar-refractivity contribution < 1.29 is 4.74 Å². The van der Waals surface area contributed by atoms with Gasteiger partial charge >= 0.3 is 0 Å². The molecule has 0 saturated carbocycles. The molecule has 28 heavy (non-hydrogen) atoms. The Hall–Kier alpha value is -3.08. The Morgan fingerprint density at radius 1 is 0.893 bits per heavy atom. The maximum Gasteiger partial charge on any atom is 0.225 e. The third-order valence-corrected chi connectivity index (χ3v) is 4.46. The van der Waals surface area contributed by atoms with Crippen molar-refractivity contribution in [2.24, 2.45) is 0 Å². The summed E-state index contributed by atoms with van der Waals surface area (Å²) in [6.07, 6.45) is 3.13. The molecule has 0 aliphatic rings. The highest BCUT2D eigenvalue weighted by Gasteiger charge is 2.07. The normalized spacial score (nSPS) is 10.5. The van der Waals surface area contributed by atoms with E-state index in [1.807, 2.05) is 36.4 Å². The zero-order valence-electron chi connectivity index (χ0n) is 16.6. The maximum absolute atomic E-state index is 5.29. The molecule has 5 heteroatoms. The van der Waals surface area contributed by atoms with E-state index in [1.165, 1.54) is 5.56 Å². The van der Waals surface area contributed by atoms with Crippen molar-refractivity contribution in [3.63, 3.8) is 0 Å². The van der Waals surface area contributed by atoms with E-state index in [4.69, 9.17) is 9.72 Å². The van der Waals surface area contributed by atoms with Gasteiger partial charge in [0.25, 0.3) is 0 Å². The Balaban J connectivity index is 1.72. The molecule has 0 unspecified atom stereocenters. The fourth-order valence-electron chi connectivity index (χ4n) is 2.91. The number of aromatic nitrogens is 2. The van der Waals surface area contributed by atoms with Crippen molar-refractivity contribution in [3.8, 4) is 17.0 Å². The van der Waals surface area contributed by atoms with Gasteiger partial charge in [-0.1, -0.05) is 55.8 Å². The number of methoxy groups -OCH3 is 1. The van der Waals surface area contributed by atoms with Gasteiger partial charge in [-0.05, 0) is 30.5 Å². The standard InChI is InChI=1S/C23H28N4O/c1-3-4-14-24-22-17-21(19-10-6-5-7-11-19)26-23(27-22)25-15-13-18-9-8-12-20(16-18)28-2/h5-12,16-17H,3-4,13-15H2,1-2H3,(H2,24,25,26,27). The molecule has 2 aromatic carbocycles. The van der Waals surface area contributed by atoms with Crippen LogP contribution in [0.25, 0.3) is 11.3 Å². The first kappa shape index (κ1) is 19.7. The Morgan fingerprint density at radius 2 is 1.75 bits per heavy atom. The lowest BCUT2D eigenvalue weighted by atomic mass is 10.1. The van der Waals surface area contributed by atoms with E-state index in [0.717, 1.165) is 55.2 Å². The van der Waals surface area contributed by atoms with Crippen LogP contribution in [0.15, 0.2) is 60.7 Å². The molecule has 0 saturated heterocycles. The zero-order valence-corrected chi connectivity index (χ0v) is 16.6. The number of hydrogen-bond acceptors (Lipinski definition) is 5. The first-order valence-corrected chi connectivity index (χ1v) is 9.83. The Kier molecular flexibility index (Phi) is 7.24. The minimum Gasteiger partial charge on any atom is -0.497 e. The molecule has 5 nitrogen and oxygen atoms in total. The van der Waals surface area contributed by atoms with Gasteiger partial charge in [-0.3, -0.25) is 0 Å². The van der Waals surface area contributed by atoms with Crippen LogP contribution in [0.3, 0.4) is 0 Å². The predicted molar refractivity (Wildman–Crippen MR) is 116 cm³/mol. The van der Waals surface area contributed by atoms with Crippen LogP contribution in [-0.2, 0) is 6.42 Å². The molecule has 1 heterocycles. The quantitative estimate of drug-likeness (QED) is 0.487. The molecule has 3 aromatic rings. The van der Waals surface area contributed by atoms with Crippen LogP contribution in [0.2, 0.25) is 0 Å². The molecule has 0 atom stereocenters. The Labute approximate surface area is 167 Å². The number of nitrogens with zero attached hydrogens (tertiary/aromatic N) is 2. The van der Waals surface area contributed by atoms with Gasteiger partial charge in [0, 0.05) is 24.7 Å². The summed E-state index contributed by atoms with van der Waals surface area (Å²) in [6, 6.07) is 20.3. The van der Waals surface area contributed by atoms with Gasteiger partial charge in [0.2, 0.25) is 5.95 Å². The zero-order chi connectivity index (χ0) is 19.6. The molecule has 0 amide bonds. The molecule has 1 aromatic heterocycles. The first-order valence-electron chi connectivity index (χ1n) is 9.83. The van der Waals surface area contributed by atoms with E-state index in [-0.39, 0.29) is 0 Å². The molecule has 2 N–H and O–H groups in total. The third kappa shape index (κ3) is 5.71. The molecular formula is C23H28N4O. The summed E-state index contributed by atoms with van der Waals surface area (Å²) >= 11 is 0. The van der Waals surface area contributed by atoms with Crippen LogP contribution in [0, 0.1) is 0 Å². The highest BCUT2D eigenvalue weighted by Crippen LogP contribution is 2.21. The molecule has 3 rings (SSSR count). The second kappa shape index (κ2) is 10.3. The first-order chi connectivity index (χ1) is 13.8. The summed E-state index contributed by atoms with van der Waals surface area (Å²) in [4.78, 5) is 9.35. The van der Waals surface area contributed by atoms with E-state index in [2.05, 4.69) is 46.8 Å². The highest BCUT2D eigenvalue weighted by molar-refractivity contribution is 5.64. The van der Waals surface area contributed by atoms with Crippen molar-refractivity contribution >= 4 is 11.8 Å². The summed E-state index contributed by atoms with van der Waals surface area (Å²) in [6.45, 7) is 3.84. The number of ether oxygens (including phenoxy) is 1. The number of benzene rings is 2. The van der Waals surface area contributed by atoms with Crippen molar-refractivity contribution in [1.82, 2.24) is 9.97 Å². The molecular weight excluding hydrogens is 348 g/mol. The van der Waals surface area contributed by atoms with Gasteiger partial charge in [0.15, 0.2) is 0 Å². The van der Waals surface area contributed by atoms with Gasteiger partial charge < -0.3 is 15.4 Å². The van der Waals surface area contributed by atoms with Gasteiger partial charge in [0.05, 0.1) is 12.8 Å². The van der Waals surface area contributed by atoms with E-state index in [0.29, 0.717) is 5.95 Å². The van der Waals surface area contributed by atoms with Crippen LogP contribution in [0.1, 0.15) is 25.3 Å². The monoisotopic (exact) mass is 376 g/mol. The number of rotatable bonds is 10. The van der Waals surface area contributed by atoms with E-state index >= 15 is 0 Å². The van der Waals surface area contributed by atoms with Crippen LogP contribution in [0.5, 0.6) is 5.75 Å². The highest BCUT2D eigenvalue weighted by atomic mass is 16.5. The summed E-state index contributed by atoms with van der Waals surface area (Å²) in [5, 5.41) is 6.78. The van der Waals surface area contributed by atoms with Crippen LogP contribution in [-0.4, -0.2) is 30.2 Å². The Bertz CT molecular complexity index is 867. The van der Waals surface area contributed by atoms with Crippen molar-refractivity contribution in [3.05, 3.63) is 66.2 Å². The summed E-state index contributed by atoms with van der Waals surface area (Å²) in [5.74, 6) is 2.37. The summed E-state index contributed by atoms with van der Waals surface area (Å²) in [5.41, 5.74) is 3.21. The number of anilines is 2. The minimum absolute atomic E-state index is 0.642. The molecule has 0 fully saturated rings. The average molecular weight is 377 g/mol. The lowest BCUT2D eigenvalue weighted by Gasteiger charge is -2.11. The molecule has 0 aliphatic heterocycles. The van der Waals surface area contributed by atoms with Gasteiger partial charge in [0.1, 0.15) is 11.6 Å². The largest absolute Gasteiger partial charge is 0.497 e. The smallest absolute Gasteiger partial charge is 0.225 e. The lowest BCUT2D eigenvalue weighted by Crippen LogP contribution is -2.11. The average Bonchev–Trinajstić information content (AvgIpc) is 2.75. The molecule has 0 spiro atoms. The summed E-state index contributed by atoms with van der Waals surface area (Å²) < 4.78 is 5.29. The van der Waals surface area contributed by atoms with Crippen molar-refractivity contribution in [1.29, 1.82) is 0 Å². The van der Waals surface area contributed by atoms with Crippen molar-refractivity contribution in [2.45, 2.75) is 26.2 Å². The number of unbranched alkanes of at least 4 members (excludes halogenated alkanes) is 1. The molecule has 0 aliphatic carbocycles. The van der Waals surface area contributed by atoms with E-state index in [1.54, 1.807) is 7.11 Å². The third-order valence-electron chi connectivity index (χ3n) is 4.46. The summed E-state index contributed by atoms with van der Waals surface area (Å²) in [7, 11) is 1.69. The predicted octanol–water partition coefficient (Wildman–Crippen LogP) is 5.02. The second-order valence-corrected chi connectivity index (χ2v) is 6.64. The number of nitrogens with one attached hydrogen (secondary N) is 2. The lowest BCUT2D eigenvalue weighted by molar-refractivity contribution is 0.414. The van der Waals surface area contributed by atoms with Gasteiger partial charge in [-0.15, -0.1) is 0 Å². The van der Waals surface area contributed by atoms with E-state index in [9.17, 15) is 0 Å². The topological polar surface area (TPSA) is 59.1 Å². The maximum atomic E-state index is 5.29. The van der Waals surface area contributed by atoms with Crippen LogP contribution in [0.4, 0.5) is 11.8 Å². The van der Waals surface area contributed by atoms with Crippen LogP contribution < -0.4 is 15.4 Å². The Morgan fingerprint density at radius 3 is 2.54 bits per heavy atom. The SMILES string of the molecule is CCCCNc1cc(-c2ccccc2)nc(NCCc2cccc(OC)c2)n1. The fraction of sp³-hybridized carbons (Fsp3) is 0.304. The van der Waals surface area contributed by atoms with Gasteiger partial charge in [-0.25, -0.2) is 4.98 Å². The van der Waals surface area contributed by atoms with Gasteiger partial charge in [-0.2, -0.15) is 4.98 Å². The van der Waals surface area contributed by atoms with Crippen LogP contribution >= 0.6 is 0 Å². The number of hydrogen-bond donors (Lipinski definition) is 2. The second-order valence-electron chi connectivity index (χ2n) is 6.64. The fourth-order valence-corrected chi connectivity index (χ4v) is 2.91. The van der Waals surface area contributed by atoms with E-state index < -0.39 is 0 Å². The molecule has 146 valence electrons. The van der Waals surface area contributed by atoms with Crippen molar-refractivity contribution in [2.75, 3.05) is 30.8 Å². The molecule has 0 bridgehead atoms. The minimum atomic E-state index is 0.642. The molecule has 0 radical (unpaired) electrons.